The van der Waals surface area contributed by atoms with Crippen LogP contribution < -0.4 is 5.32 Å². The van der Waals surface area contributed by atoms with Crippen molar-refractivity contribution in [1.29, 1.82) is 0 Å². The Labute approximate surface area is 89.3 Å². The first kappa shape index (κ1) is 10.6. The van der Waals surface area contributed by atoms with Gasteiger partial charge in [0.2, 0.25) is 5.91 Å². The summed E-state index contributed by atoms with van der Waals surface area (Å²) in [5, 5.41) is 12.5. The van der Waals surface area contributed by atoms with Crippen molar-refractivity contribution in [3.8, 4) is 0 Å². The Kier molecular flexibility index (Phi) is 3.38. The molecule has 1 heterocycles. The van der Waals surface area contributed by atoms with Crippen LogP contribution >= 0.6 is 0 Å². The van der Waals surface area contributed by atoms with Crippen molar-refractivity contribution in [2.75, 3.05) is 13.2 Å². The normalized spacial score (nSPS) is 31.8. The first-order valence-corrected chi connectivity index (χ1v) is 5.48. The van der Waals surface area contributed by atoms with Crippen LogP contribution in [-0.4, -0.2) is 36.4 Å². The second kappa shape index (κ2) is 4.77. The molecule has 2 aliphatic rings. The molecule has 0 unspecified atom stereocenters. The van der Waals surface area contributed by atoms with Crippen molar-refractivity contribution in [2.45, 2.75) is 31.4 Å². The molecule has 1 amide bonds. The highest BCUT2D eigenvalue weighted by Gasteiger charge is 2.28. The molecule has 1 saturated heterocycles. The van der Waals surface area contributed by atoms with E-state index in [0.29, 0.717) is 19.6 Å². The average molecular weight is 211 g/mol. The predicted octanol–water partition coefficient (Wildman–Crippen LogP) is 0.219. The van der Waals surface area contributed by atoms with Crippen LogP contribution in [0.25, 0.3) is 0 Å². The lowest BCUT2D eigenvalue weighted by Gasteiger charge is -2.29. The predicted molar refractivity (Wildman–Crippen MR) is 55.2 cm³/mol. The zero-order valence-electron chi connectivity index (χ0n) is 8.69. The molecule has 0 aromatic carbocycles. The summed E-state index contributed by atoms with van der Waals surface area (Å²) in [6.07, 6.45) is 5.83. The maximum absolute atomic E-state index is 11.7. The zero-order chi connectivity index (χ0) is 10.7. The summed E-state index contributed by atoms with van der Waals surface area (Å²) in [5.41, 5.74) is 0. The van der Waals surface area contributed by atoms with Gasteiger partial charge in [-0.25, -0.2) is 0 Å². The second-order valence-electron chi connectivity index (χ2n) is 4.19. The summed E-state index contributed by atoms with van der Waals surface area (Å²) in [6, 6.07) is -0.230. The number of hydrogen-bond acceptors (Lipinski definition) is 3. The molecule has 0 radical (unpaired) electrons. The molecule has 1 fully saturated rings. The van der Waals surface area contributed by atoms with Gasteiger partial charge in [-0.15, -0.1) is 0 Å². The van der Waals surface area contributed by atoms with Gasteiger partial charge < -0.3 is 15.2 Å². The van der Waals surface area contributed by atoms with E-state index in [4.69, 9.17) is 4.74 Å². The number of hydrogen-bond donors (Lipinski definition) is 2. The lowest BCUT2D eigenvalue weighted by molar-refractivity contribution is -0.128. The number of amides is 1. The molecule has 0 bridgehead atoms. The number of rotatable bonds is 2. The minimum Gasteiger partial charge on any atom is -0.391 e. The van der Waals surface area contributed by atoms with E-state index in [1.165, 1.54) is 0 Å². The van der Waals surface area contributed by atoms with Crippen LogP contribution in [0.4, 0.5) is 0 Å². The fourth-order valence-electron chi connectivity index (χ4n) is 2.00. The Morgan fingerprint density at radius 3 is 2.80 bits per heavy atom. The van der Waals surface area contributed by atoms with E-state index in [2.05, 4.69) is 5.32 Å². The molecule has 4 nitrogen and oxygen atoms in total. The van der Waals surface area contributed by atoms with Crippen molar-refractivity contribution in [3.05, 3.63) is 12.2 Å². The van der Waals surface area contributed by atoms with Crippen LogP contribution in [0.5, 0.6) is 0 Å². The van der Waals surface area contributed by atoms with Gasteiger partial charge in [-0.1, -0.05) is 12.2 Å². The lowest BCUT2D eigenvalue weighted by Crippen LogP contribution is -2.50. The standard InChI is InChI=1S/C11H17NO3/c13-10-5-6-15-7-9(10)12-11(14)8-3-1-2-4-8/h1-2,8-10,13H,3-7H2,(H,12,14)/t9-,10-/m1/s1. The second-order valence-corrected chi connectivity index (χ2v) is 4.19. The quantitative estimate of drug-likeness (QED) is 0.642. The number of carbonyl (C=O) groups excluding carboxylic acids is 1. The summed E-state index contributed by atoms with van der Waals surface area (Å²) in [6.45, 7) is 1.01. The van der Waals surface area contributed by atoms with E-state index in [-0.39, 0.29) is 17.9 Å². The third-order valence-electron chi connectivity index (χ3n) is 3.03. The third-order valence-corrected chi connectivity index (χ3v) is 3.03. The van der Waals surface area contributed by atoms with Gasteiger partial charge in [-0.2, -0.15) is 0 Å². The molecule has 2 N–H and O–H groups in total. The number of allylic oxidation sites excluding steroid dienone is 2. The van der Waals surface area contributed by atoms with E-state index in [0.717, 1.165) is 12.8 Å². The van der Waals surface area contributed by atoms with Gasteiger partial charge in [0.1, 0.15) is 0 Å². The van der Waals surface area contributed by atoms with Crippen molar-refractivity contribution in [3.63, 3.8) is 0 Å². The monoisotopic (exact) mass is 211 g/mol. The smallest absolute Gasteiger partial charge is 0.224 e. The maximum atomic E-state index is 11.7. The van der Waals surface area contributed by atoms with Gasteiger partial charge in [-0.05, 0) is 19.3 Å². The van der Waals surface area contributed by atoms with Gasteiger partial charge in [0.15, 0.2) is 0 Å². The highest BCUT2D eigenvalue weighted by Crippen LogP contribution is 2.18. The van der Waals surface area contributed by atoms with E-state index in [1.807, 2.05) is 12.2 Å². The molecule has 2 rings (SSSR count). The van der Waals surface area contributed by atoms with Crippen LogP contribution in [0.15, 0.2) is 12.2 Å². The third kappa shape index (κ3) is 2.58. The Morgan fingerprint density at radius 2 is 2.13 bits per heavy atom. The summed E-state index contributed by atoms with van der Waals surface area (Å²) >= 11 is 0. The molecule has 84 valence electrons. The average Bonchev–Trinajstić information content (AvgIpc) is 2.74. The number of nitrogens with one attached hydrogen (secondary N) is 1. The molecule has 1 aliphatic carbocycles. The van der Waals surface area contributed by atoms with Crippen molar-refractivity contribution < 1.29 is 14.6 Å². The number of aliphatic hydroxyl groups excluding tert-OH is 1. The molecule has 0 aromatic rings. The molecular weight excluding hydrogens is 194 g/mol. The molecule has 0 aromatic heterocycles. The molecule has 2 atom stereocenters. The van der Waals surface area contributed by atoms with Crippen LogP contribution in [0, 0.1) is 5.92 Å². The summed E-state index contributed by atoms with van der Waals surface area (Å²) in [7, 11) is 0. The summed E-state index contributed by atoms with van der Waals surface area (Å²) in [5.74, 6) is 0.0914. The van der Waals surface area contributed by atoms with E-state index in [1.54, 1.807) is 0 Å². The fraction of sp³-hybridized carbons (Fsp3) is 0.727. The first-order chi connectivity index (χ1) is 7.27. The Morgan fingerprint density at radius 1 is 1.40 bits per heavy atom. The number of carbonyl (C=O) groups is 1. The number of aliphatic hydroxyl groups is 1. The Hall–Kier alpha value is -0.870. The van der Waals surface area contributed by atoms with Crippen molar-refractivity contribution in [1.82, 2.24) is 5.32 Å². The van der Waals surface area contributed by atoms with Crippen molar-refractivity contribution in [2.24, 2.45) is 5.92 Å². The van der Waals surface area contributed by atoms with Crippen LogP contribution in [-0.2, 0) is 9.53 Å². The minimum atomic E-state index is -0.461. The summed E-state index contributed by atoms with van der Waals surface area (Å²) in [4.78, 5) is 11.7. The highest BCUT2D eigenvalue weighted by molar-refractivity contribution is 5.79. The molecule has 4 heteroatoms. The van der Waals surface area contributed by atoms with Gasteiger partial charge in [0, 0.05) is 12.5 Å². The van der Waals surface area contributed by atoms with Gasteiger partial charge in [0.05, 0.1) is 18.8 Å². The van der Waals surface area contributed by atoms with Crippen LogP contribution in [0.1, 0.15) is 19.3 Å². The molecule has 1 aliphatic heterocycles. The van der Waals surface area contributed by atoms with Crippen molar-refractivity contribution >= 4 is 5.91 Å². The molecular formula is C11H17NO3. The summed E-state index contributed by atoms with van der Waals surface area (Å²) < 4.78 is 5.23. The zero-order valence-corrected chi connectivity index (χ0v) is 8.69. The minimum absolute atomic E-state index is 0.0366. The largest absolute Gasteiger partial charge is 0.391 e. The molecule has 0 saturated carbocycles. The van der Waals surface area contributed by atoms with Gasteiger partial charge in [-0.3, -0.25) is 4.79 Å². The van der Waals surface area contributed by atoms with Crippen LogP contribution in [0.3, 0.4) is 0 Å². The SMILES string of the molecule is O=C(N[C@@H]1COCC[C@H]1O)C1CC=CC1. The highest BCUT2D eigenvalue weighted by atomic mass is 16.5. The Balaban J connectivity index is 1.82. The molecule has 15 heavy (non-hydrogen) atoms. The topological polar surface area (TPSA) is 58.6 Å². The van der Waals surface area contributed by atoms with E-state index < -0.39 is 6.10 Å². The fourth-order valence-corrected chi connectivity index (χ4v) is 2.00. The lowest BCUT2D eigenvalue weighted by atomic mass is 10.0. The van der Waals surface area contributed by atoms with Gasteiger partial charge >= 0.3 is 0 Å². The first-order valence-electron chi connectivity index (χ1n) is 5.48. The Bertz CT molecular complexity index is 257. The van der Waals surface area contributed by atoms with E-state index >= 15 is 0 Å². The van der Waals surface area contributed by atoms with Crippen LogP contribution in [0.2, 0.25) is 0 Å². The maximum Gasteiger partial charge on any atom is 0.224 e. The number of ether oxygens (including phenoxy) is 1. The van der Waals surface area contributed by atoms with Gasteiger partial charge in [0.25, 0.3) is 0 Å². The molecule has 0 spiro atoms. The van der Waals surface area contributed by atoms with E-state index in [9.17, 15) is 9.90 Å².